The standard InChI is InChI=1S/C12H15NO4S/c1-12(11(14)15)8-5-9-13(12)18(16,17)10-6-3-2-4-7-10/h2-4,6-7H,5,8-9H2,1H3,(H,14,15)/t12-/m1/s1. The molecule has 1 fully saturated rings. The molecule has 0 bridgehead atoms. The minimum Gasteiger partial charge on any atom is -0.480 e. The Morgan fingerprint density at radius 3 is 2.50 bits per heavy atom. The van der Waals surface area contributed by atoms with E-state index in [1.54, 1.807) is 18.2 Å². The number of sulfonamides is 1. The molecule has 18 heavy (non-hydrogen) atoms. The van der Waals surface area contributed by atoms with Crippen molar-refractivity contribution >= 4 is 16.0 Å². The average Bonchev–Trinajstić information content (AvgIpc) is 2.75. The summed E-state index contributed by atoms with van der Waals surface area (Å²) >= 11 is 0. The van der Waals surface area contributed by atoms with Gasteiger partial charge in [-0.25, -0.2) is 8.42 Å². The molecular formula is C12H15NO4S. The molecule has 1 heterocycles. The number of carboxylic acid groups (broad SMARTS) is 1. The Bertz CT molecular complexity index is 555. The Morgan fingerprint density at radius 1 is 1.33 bits per heavy atom. The highest BCUT2D eigenvalue weighted by Gasteiger charge is 2.49. The van der Waals surface area contributed by atoms with E-state index >= 15 is 0 Å². The minimum absolute atomic E-state index is 0.138. The second-order valence-electron chi connectivity index (χ2n) is 4.57. The first-order valence-corrected chi connectivity index (χ1v) is 7.14. The molecule has 1 aliphatic heterocycles. The molecule has 0 amide bonds. The second-order valence-corrected chi connectivity index (χ2v) is 6.44. The first kappa shape index (κ1) is 13.0. The highest BCUT2D eigenvalue weighted by molar-refractivity contribution is 7.89. The smallest absolute Gasteiger partial charge is 0.324 e. The lowest BCUT2D eigenvalue weighted by atomic mass is 10.0. The number of hydrogen-bond donors (Lipinski definition) is 1. The van der Waals surface area contributed by atoms with Crippen LogP contribution in [-0.4, -0.2) is 35.9 Å². The van der Waals surface area contributed by atoms with Crippen molar-refractivity contribution in [1.82, 2.24) is 4.31 Å². The first-order valence-electron chi connectivity index (χ1n) is 5.70. The van der Waals surface area contributed by atoms with Gasteiger partial charge in [-0.05, 0) is 31.9 Å². The van der Waals surface area contributed by atoms with E-state index in [1.165, 1.54) is 19.1 Å². The monoisotopic (exact) mass is 269 g/mol. The van der Waals surface area contributed by atoms with Gasteiger partial charge >= 0.3 is 5.97 Å². The number of carboxylic acids is 1. The summed E-state index contributed by atoms with van der Waals surface area (Å²) < 4.78 is 25.9. The number of benzene rings is 1. The van der Waals surface area contributed by atoms with Crippen molar-refractivity contribution in [2.24, 2.45) is 0 Å². The first-order chi connectivity index (χ1) is 8.39. The molecule has 0 unspecified atom stereocenters. The number of hydrogen-bond acceptors (Lipinski definition) is 3. The lowest BCUT2D eigenvalue weighted by Crippen LogP contribution is -2.50. The van der Waals surface area contributed by atoms with E-state index in [0.29, 0.717) is 12.8 Å². The van der Waals surface area contributed by atoms with Crippen LogP contribution in [0, 0.1) is 0 Å². The Kier molecular flexibility index (Phi) is 3.16. The molecule has 1 saturated heterocycles. The fraction of sp³-hybridized carbons (Fsp3) is 0.417. The Labute approximate surface area is 106 Å². The Morgan fingerprint density at radius 2 is 1.94 bits per heavy atom. The summed E-state index contributed by atoms with van der Waals surface area (Å²) in [6, 6.07) is 7.94. The minimum atomic E-state index is -3.74. The van der Waals surface area contributed by atoms with Crippen molar-refractivity contribution in [2.45, 2.75) is 30.2 Å². The van der Waals surface area contributed by atoms with Gasteiger partial charge in [0.1, 0.15) is 5.54 Å². The van der Waals surface area contributed by atoms with Crippen molar-refractivity contribution in [3.63, 3.8) is 0 Å². The van der Waals surface area contributed by atoms with Crippen molar-refractivity contribution in [3.05, 3.63) is 30.3 Å². The van der Waals surface area contributed by atoms with Crippen molar-refractivity contribution < 1.29 is 18.3 Å². The molecule has 0 aliphatic carbocycles. The van der Waals surface area contributed by atoms with Crippen LogP contribution in [0.15, 0.2) is 35.2 Å². The molecule has 1 aromatic rings. The van der Waals surface area contributed by atoms with Crippen LogP contribution < -0.4 is 0 Å². The lowest BCUT2D eigenvalue weighted by Gasteiger charge is -2.30. The van der Waals surface area contributed by atoms with Crippen molar-refractivity contribution in [2.75, 3.05) is 6.54 Å². The van der Waals surface area contributed by atoms with E-state index in [2.05, 4.69) is 0 Å². The molecule has 0 spiro atoms. The quantitative estimate of drug-likeness (QED) is 0.898. The molecule has 1 atom stereocenters. The number of rotatable bonds is 3. The highest BCUT2D eigenvalue weighted by Crippen LogP contribution is 2.34. The van der Waals surface area contributed by atoms with Crippen LogP contribution in [0.4, 0.5) is 0 Å². The van der Waals surface area contributed by atoms with Crippen LogP contribution in [0.25, 0.3) is 0 Å². The molecule has 1 aliphatic rings. The third-order valence-corrected chi connectivity index (χ3v) is 5.40. The van der Waals surface area contributed by atoms with Gasteiger partial charge in [-0.1, -0.05) is 18.2 Å². The zero-order valence-electron chi connectivity index (χ0n) is 10.0. The van der Waals surface area contributed by atoms with Crippen LogP contribution in [0.5, 0.6) is 0 Å². The lowest BCUT2D eigenvalue weighted by molar-refractivity contribution is -0.146. The number of nitrogens with zero attached hydrogens (tertiary/aromatic N) is 1. The van der Waals surface area contributed by atoms with Gasteiger partial charge in [0.15, 0.2) is 0 Å². The fourth-order valence-corrected chi connectivity index (χ4v) is 4.08. The van der Waals surface area contributed by atoms with Crippen molar-refractivity contribution in [3.8, 4) is 0 Å². The van der Waals surface area contributed by atoms with Crippen LogP contribution in [-0.2, 0) is 14.8 Å². The summed E-state index contributed by atoms with van der Waals surface area (Å²) in [6.45, 7) is 1.71. The predicted molar refractivity (Wildman–Crippen MR) is 65.6 cm³/mol. The molecule has 2 rings (SSSR count). The summed E-state index contributed by atoms with van der Waals surface area (Å²) in [5.74, 6) is -1.10. The van der Waals surface area contributed by atoms with Crippen LogP contribution in [0.3, 0.4) is 0 Å². The molecule has 0 saturated carbocycles. The fourth-order valence-electron chi connectivity index (χ4n) is 2.26. The van der Waals surface area contributed by atoms with Gasteiger partial charge in [-0.2, -0.15) is 4.31 Å². The highest BCUT2D eigenvalue weighted by atomic mass is 32.2. The molecular weight excluding hydrogens is 254 g/mol. The van der Waals surface area contributed by atoms with Crippen LogP contribution >= 0.6 is 0 Å². The predicted octanol–water partition coefficient (Wildman–Crippen LogP) is 1.31. The molecule has 98 valence electrons. The maximum Gasteiger partial charge on any atom is 0.324 e. The van der Waals surface area contributed by atoms with Gasteiger partial charge in [0.25, 0.3) is 0 Å². The Hall–Kier alpha value is -1.40. The third kappa shape index (κ3) is 1.91. The van der Waals surface area contributed by atoms with Gasteiger partial charge in [0.2, 0.25) is 10.0 Å². The second kappa shape index (κ2) is 4.37. The summed E-state index contributed by atoms with van der Waals surface area (Å²) in [5, 5.41) is 9.25. The number of aliphatic carboxylic acids is 1. The topological polar surface area (TPSA) is 74.7 Å². The molecule has 1 N–H and O–H groups in total. The maximum absolute atomic E-state index is 12.4. The zero-order chi connectivity index (χ0) is 13.4. The van der Waals surface area contributed by atoms with E-state index in [4.69, 9.17) is 0 Å². The third-order valence-electron chi connectivity index (χ3n) is 3.37. The average molecular weight is 269 g/mol. The molecule has 5 nitrogen and oxygen atoms in total. The molecule has 0 aromatic heterocycles. The van der Waals surface area contributed by atoms with Gasteiger partial charge in [-0.3, -0.25) is 4.79 Å². The van der Waals surface area contributed by atoms with E-state index in [0.717, 1.165) is 4.31 Å². The van der Waals surface area contributed by atoms with Gasteiger partial charge in [-0.15, -0.1) is 0 Å². The molecule has 1 aromatic carbocycles. The Balaban J connectivity index is 2.46. The van der Waals surface area contributed by atoms with Crippen molar-refractivity contribution in [1.29, 1.82) is 0 Å². The van der Waals surface area contributed by atoms with Crippen LogP contribution in [0.2, 0.25) is 0 Å². The summed E-state index contributed by atoms with van der Waals surface area (Å²) in [4.78, 5) is 11.4. The van der Waals surface area contributed by atoms with Gasteiger partial charge < -0.3 is 5.11 Å². The summed E-state index contributed by atoms with van der Waals surface area (Å²) in [7, 11) is -3.74. The SMILES string of the molecule is C[C@]1(C(=O)O)CCCN1S(=O)(=O)c1ccccc1. The van der Waals surface area contributed by atoms with E-state index < -0.39 is 21.5 Å². The van der Waals surface area contributed by atoms with E-state index in [1.807, 2.05) is 0 Å². The molecule has 0 radical (unpaired) electrons. The normalized spacial score (nSPS) is 25.2. The maximum atomic E-state index is 12.4. The van der Waals surface area contributed by atoms with E-state index in [9.17, 15) is 18.3 Å². The van der Waals surface area contributed by atoms with Crippen LogP contribution in [0.1, 0.15) is 19.8 Å². The molecule has 6 heteroatoms. The number of carbonyl (C=O) groups is 1. The largest absolute Gasteiger partial charge is 0.480 e. The summed E-state index contributed by atoms with van der Waals surface area (Å²) in [6.07, 6.45) is 0.906. The van der Waals surface area contributed by atoms with E-state index in [-0.39, 0.29) is 11.4 Å². The summed E-state index contributed by atoms with van der Waals surface area (Å²) in [5.41, 5.74) is -1.34. The van der Waals surface area contributed by atoms with Gasteiger partial charge in [0.05, 0.1) is 4.90 Å². The van der Waals surface area contributed by atoms with Gasteiger partial charge in [0, 0.05) is 6.54 Å². The zero-order valence-corrected chi connectivity index (χ0v) is 10.9.